The lowest BCUT2D eigenvalue weighted by Crippen LogP contribution is -2.56. The molecule has 0 radical (unpaired) electrons. The van der Waals surface area contributed by atoms with Crippen molar-refractivity contribution in [1.82, 2.24) is 10.2 Å². The van der Waals surface area contributed by atoms with E-state index in [0.717, 1.165) is 18.7 Å². The van der Waals surface area contributed by atoms with Crippen LogP contribution >= 0.6 is 0 Å². The summed E-state index contributed by atoms with van der Waals surface area (Å²) in [5, 5.41) is 3.02. The van der Waals surface area contributed by atoms with E-state index in [1.54, 1.807) is 12.1 Å². The second kappa shape index (κ2) is 8.45. The summed E-state index contributed by atoms with van der Waals surface area (Å²) in [5.41, 5.74) is 6.64. The van der Waals surface area contributed by atoms with Gasteiger partial charge < -0.3 is 15.8 Å². The van der Waals surface area contributed by atoms with Crippen molar-refractivity contribution >= 4 is 11.8 Å². The molecule has 0 saturated carbocycles. The number of carbonyl (C=O) groups is 2. The molecule has 6 heteroatoms. The van der Waals surface area contributed by atoms with Gasteiger partial charge in [-0.1, -0.05) is 26.0 Å². The highest BCUT2D eigenvalue weighted by Crippen LogP contribution is 2.19. The summed E-state index contributed by atoms with van der Waals surface area (Å²) in [5.74, 6) is -0.226. The van der Waals surface area contributed by atoms with Crippen LogP contribution in [-0.4, -0.2) is 48.1 Å². The quantitative estimate of drug-likeness (QED) is 0.817. The van der Waals surface area contributed by atoms with Crippen LogP contribution in [-0.2, 0) is 16.1 Å². The van der Waals surface area contributed by atoms with E-state index in [1.807, 2.05) is 26.0 Å². The predicted molar refractivity (Wildman–Crippen MR) is 97.0 cm³/mol. The van der Waals surface area contributed by atoms with Crippen LogP contribution in [0.1, 0.15) is 43.6 Å². The Labute approximate surface area is 149 Å². The number of primary amides is 1. The molecule has 1 aliphatic heterocycles. The van der Waals surface area contributed by atoms with Crippen molar-refractivity contribution in [2.45, 2.75) is 52.5 Å². The zero-order valence-corrected chi connectivity index (χ0v) is 15.5. The molecule has 3 atom stereocenters. The average Bonchev–Trinajstić information content (AvgIpc) is 2.52. The molecule has 1 heterocycles. The number of nitrogens with two attached hydrogens (primary N) is 1. The molecule has 6 nitrogen and oxygen atoms in total. The summed E-state index contributed by atoms with van der Waals surface area (Å²) in [7, 11) is 0. The minimum atomic E-state index is -0.453. The Morgan fingerprint density at radius 3 is 2.24 bits per heavy atom. The number of ether oxygens (including phenoxy) is 1. The maximum atomic E-state index is 12.8. The second-order valence-corrected chi connectivity index (χ2v) is 7.18. The zero-order chi connectivity index (χ0) is 18.6. The normalized spacial score (nSPS) is 22.6. The summed E-state index contributed by atoms with van der Waals surface area (Å²) >= 11 is 0. The van der Waals surface area contributed by atoms with E-state index in [4.69, 9.17) is 10.5 Å². The van der Waals surface area contributed by atoms with Crippen LogP contribution in [0.2, 0.25) is 0 Å². The molecule has 1 aromatic carbocycles. The molecule has 0 aliphatic carbocycles. The molecule has 3 N–H and O–H groups in total. The smallest absolute Gasteiger partial charge is 0.248 e. The molecule has 138 valence electrons. The molecule has 1 aliphatic rings. The summed E-state index contributed by atoms with van der Waals surface area (Å²) in [6, 6.07) is 6.79. The Morgan fingerprint density at radius 1 is 1.20 bits per heavy atom. The predicted octanol–water partition coefficient (Wildman–Crippen LogP) is 1.54. The van der Waals surface area contributed by atoms with Gasteiger partial charge >= 0.3 is 0 Å². The van der Waals surface area contributed by atoms with Gasteiger partial charge in [-0.2, -0.15) is 0 Å². The van der Waals surface area contributed by atoms with E-state index >= 15 is 0 Å². The first kappa shape index (κ1) is 19.4. The standard InChI is InChI=1S/C19H29N3O3/c1-12(2)17(22-10-13(3)25-14(4)11-22)19(24)21-9-15-5-7-16(8-6-15)18(20)23/h5-8,12-14,17H,9-11H2,1-4H3,(H2,20,23)(H,21,24). The SMILES string of the molecule is CC1CN(C(C(=O)NCc2ccc(C(N)=O)cc2)C(C)C)CC(C)O1. The van der Waals surface area contributed by atoms with Gasteiger partial charge in [0.25, 0.3) is 0 Å². The van der Waals surface area contributed by atoms with Crippen molar-refractivity contribution < 1.29 is 14.3 Å². The number of hydrogen-bond acceptors (Lipinski definition) is 4. The van der Waals surface area contributed by atoms with Gasteiger partial charge in [-0.25, -0.2) is 0 Å². The molecule has 0 bridgehead atoms. The number of benzene rings is 1. The number of morpholine rings is 1. The lowest BCUT2D eigenvalue weighted by molar-refractivity contribution is -0.135. The van der Waals surface area contributed by atoms with Gasteiger partial charge in [0.15, 0.2) is 0 Å². The van der Waals surface area contributed by atoms with Crippen LogP contribution < -0.4 is 11.1 Å². The number of rotatable bonds is 6. The highest BCUT2D eigenvalue weighted by molar-refractivity contribution is 5.92. The molecule has 25 heavy (non-hydrogen) atoms. The summed E-state index contributed by atoms with van der Waals surface area (Å²) in [6.07, 6.45) is 0.248. The number of carbonyl (C=O) groups excluding carboxylic acids is 2. The van der Waals surface area contributed by atoms with Crippen LogP contribution in [0.3, 0.4) is 0 Å². The van der Waals surface area contributed by atoms with Gasteiger partial charge in [-0.15, -0.1) is 0 Å². The first-order chi connectivity index (χ1) is 11.8. The van der Waals surface area contributed by atoms with Crippen LogP contribution in [0.4, 0.5) is 0 Å². The van der Waals surface area contributed by atoms with Gasteiger partial charge in [0.2, 0.25) is 11.8 Å². The molecule has 0 spiro atoms. The van der Waals surface area contributed by atoms with E-state index in [2.05, 4.69) is 24.1 Å². The largest absolute Gasteiger partial charge is 0.373 e. The van der Waals surface area contributed by atoms with Crippen LogP contribution in [0.15, 0.2) is 24.3 Å². The van der Waals surface area contributed by atoms with Gasteiger partial charge in [-0.3, -0.25) is 14.5 Å². The molecule has 1 fully saturated rings. The molecule has 1 aromatic rings. The first-order valence-electron chi connectivity index (χ1n) is 8.84. The van der Waals surface area contributed by atoms with Crippen LogP contribution in [0.25, 0.3) is 0 Å². The molecule has 3 unspecified atom stereocenters. The topological polar surface area (TPSA) is 84.7 Å². The minimum Gasteiger partial charge on any atom is -0.373 e. The third-order valence-electron chi connectivity index (χ3n) is 4.45. The number of amides is 2. The first-order valence-corrected chi connectivity index (χ1v) is 8.84. The Hall–Kier alpha value is -1.92. The Morgan fingerprint density at radius 2 is 1.76 bits per heavy atom. The van der Waals surface area contributed by atoms with E-state index in [-0.39, 0.29) is 30.1 Å². The Balaban J connectivity index is 1.99. The highest BCUT2D eigenvalue weighted by Gasteiger charge is 2.33. The third kappa shape index (κ3) is 5.28. The fraction of sp³-hybridized carbons (Fsp3) is 0.579. The summed E-state index contributed by atoms with van der Waals surface area (Å²) < 4.78 is 5.77. The van der Waals surface area contributed by atoms with Crippen molar-refractivity contribution in [2.75, 3.05) is 13.1 Å². The molecule has 2 amide bonds. The van der Waals surface area contributed by atoms with E-state index in [1.165, 1.54) is 0 Å². The maximum absolute atomic E-state index is 12.8. The fourth-order valence-corrected chi connectivity index (χ4v) is 3.42. The van der Waals surface area contributed by atoms with Crippen LogP contribution in [0.5, 0.6) is 0 Å². The number of nitrogens with one attached hydrogen (secondary N) is 1. The van der Waals surface area contributed by atoms with Crippen molar-refractivity contribution in [2.24, 2.45) is 11.7 Å². The fourth-order valence-electron chi connectivity index (χ4n) is 3.42. The van der Waals surface area contributed by atoms with Crippen molar-refractivity contribution in [3.8, 4) is 0 Å². The monoisotopic (exact) mass is 347 g/mol. The Kier molecular flexibility index (Phi) is 6.56. The van der Waals surface area contributed by atoms with Gasteiger partial charge in [0, 0.05) is 25.2 Å². The van der Waals surface area contributed by atoms with Gasteiger partial charge in [0.1, 0.15) is 0 Å². The van der Waals surface area contributed by atoms with Gasteiger partial charge in [0.05, 0.1) is 18.2 Å². The minimum absolute atomic E-state index is 0.0234. The number of nitrogens with zero attached hydrogens (tertiary/aromatic N) is 1. The van der Waals surface area contributed by atoms with E-state index in [0.29, 0.717) is 12.1 Å². The second-order valence-electron chi connectivity index (χ2n) is 7.18. The molecule has 0 aromatic heterocycles. The van der Waals surface area contributed by atoms with Crippen molar-refractivity contribution in [1.29, 1.82) is 0 Å². The molecular weight excluding hydrogens is 318 g/mol. The lowest BCUT2D eigenvalue weighted by Gasteiger charge is -2.41. The van der Waals surface area contributed by atoms with E-state index in [9.17, 15) is 9.59 Å². The van der Waals surface area contributed by atoms with Gasteiger partial charge in [-0.05, 0) is 37.5 Å². The van der Waals surface area contributed by atoms with E-state index < -0.39 is 5.91 Å². The zero-order valence-electron chi connectivity index (χ0n) is 15.5. The molecular formula is C19H29N3O3. The Bertz CT molecular complexity index is 590. The maximum Gasteiger partial charge on any atom is 0.248 e. The molecule has 1 saturated heterocycles. The average molecular weight is 347 g/mol. The summed E-state index contributed by atoms with van der Waals surface area (Å²) in [6.45, 7) is 10.2. The van der Waals surface area contributed by atoms with Crippen LogP contribution in [0, 0.1) is 5.92 Å². The van der Waals surface area contributed by atoms with Crippen molar-refractivity contribution in [3.05, 3.63) is 35.4 Å². The molecule has 2 rings (SSSR count). The number of hydrogen-bond donors (Lipinski definition) is 2. The lowest BCUT2D eigenvalue weighted by atomic mass is 9.99. The van der Waals surface area contributed by atoms with Crippen molar-refractivity contribution in [3.63, 3.8) is 0 Å². The highest BCUT2D eigenvalue weighted by atomic mass is 16.5. The summed E-state index contributed by atoms with van der Waals surface area (Å²) in [4.78, 5) is 26.1. The third-order valence-corrected chi connectivity index (χ3v) is 4.45.